The Morgan fingerprint density at radius 2 is 2.24 bits per heavy atom. The van der Waals surface area contributed by atoms with E-state index in [4.69, 9.17) is 5.11 Å². The normalized spacial score (nSPS) is 20.7. The lowest BCUT2D eigenvalue weighted by molar-refractivity contribution is -0.139. The Bertz CT molecular complexity index is 541. The summed E-state index contributed by atoms with van der Waals surface area (Å²) in [7, 11) is 0. The van der Waals surface area contributed by atoms with Crippen molar-refractivity contribution in [3.05, 3.63) is 21.9 Å². The molecule has 0 spiro atoms. The van der Waals surface area contributed by atoms with E-state index in [1.165, 1.54) is 4.88 Å². The first-order valence-electron chi connectivity index (χ1n) is 7.05. The van der Waals surface area contributed by atoms with E-state index in [1.807, 2.05) is 32.2 Å². The summed E-state index contributed by atoms with van der Waals surface area (Å²) in [4.78, 5) is 25.0. The molecule has 0 aliphatic carbocycles. The molecule has 2 N–H and O–H groups in total. The second kappa shape index (κ2) is 6.40. The van der Waals surface area contributed by atoms with Crippen molar-refractivity contribution in [1.82, 2.24) is 5.32 Å². The molecule has 0 radical (unpaired) electrons. The monoisotopic (exact) mass is 327 g/mol. The molecule has 4 nitrogen and oxygen atoms in total. The van der Waals surface area contributed by atoms with Crippen LogP contribution in [0.5, 0.6) is 0 Å². The van der Waals surface area contributed by atoms with E-state index >= 15 is 0 Å². The number of amides is 1. The second-order valence-corrected chi connectivity index (χ2v) is 8.15. The molecule has 1 aliphatic heterocycles. The van der Waals surface area contributed by atoms with E-state index in [0.29, 0.717) is 0 Å². The zero-order chi connectivity index (χ0) is 15.6. The van der Waals surface area contributed by atoms with Crippen LogP contribution in [0.15, 0.2) is 11.4 Å². The molecule has 1 amide bonds. The van der Waals surface area contributed by atoms with E-state index in [0.717, 1.165) is 17.7 Å². The van der Waals surface area contributed by atoms with Gasteiger partial charge in [0.15, 0.2) is 0 Å². The van der Waals surface area contributed by atoms with Gasteiger partial charge in [-0.2, -0.15) is 0 Å². The molecular weight excluding hydrogens is 306 g/mol. The number of nitrogens with one attached hydrogen (secondary N) is 1. The minimum Gasteiger partial charge on any atom is -0.481 e. The van der Waals surface area contributed by atoms with Crippen LogP contribution < -0.4 is 5.32 Å². The van der Waals surface area contributed by atoms with Gasteiger partial charge < -0.3 is 10.4 Å². The van der Waals surface area contributed by atoms with Crippen LogP contribution in [0.1, 0.15) is 42.9 Å². The predicted molar refractivity (Wildman–Crippen MR) is 86.9 cm³/mol. The Balaban J connectivity index is 2.16. The first-order valence-corrected chi connectivity index (χ1v) is 8.98. The summed E-state index contributed by atoms with van der Waals surface area (Å²) in [5, 5.41) is 13.9. The van der Waals surface area contributed by atoms with E-state index in [1.54, 1.807) is 23.1 Å². The number of thiophene rings is 1. The molecule has 6 heteroatoms. The van der Waals surface area contributed by atoms with Gasteiger partial charge in [-0.05, 0) is 42.0 Å². The lowest BCUT2D eigenvalue weighted by Gasteiger charge is -2.35. The highest BCUT2D eigenvalue weighted by Gasteiger charge is 2.36. The third-order valence-electron chi connectivity index (χ3n) is 4.12. The minimum absolute atomic E-state index is 0.0492. The van der Waals surface area contributed by atoms with Crippen LogP contribution >= 0.6 is 23.1 Å². The molecule has 21 heavy (non-hydrogen) atoms. The van der Waals surface area contributed by atoms with Crippen LogP contribution in [-0.4, -0.2) is 28.3 Å². The van der Waals surface area contributed by atoms with Crippen LogP contribution in [0.25, 0.3) is 0 Å². The molecule has 2 atom stereocenters. The topological polar surface area (TPSA) is 66.4 Å². The molecule has 116 valence electrons. The van der Waals surface area contributed by atoms with Gasteiger partial charge >= 0.3 is 5.97 Å². The van der Waals surface area contributed by atoms with Crippen LogP contribution in [0.4, 0.5) is 0 Å². The largest absolute Gasteiger partial charge is 0.481 e. The lowest BCUT2D eigenvalue weighted by Crippen LogP contribution is -2.52. The number of aliphatic carboxylic acids is 1. The van der Waals surface area contributed by atoms with E-state index in [2.05, 4.69) is 5.32 Å². The molecule has 0 saturated heterocycles. The van der Waals surface area contributed by atoms with Crippen LogP contribution in [0.3, 0.4) is 0 Å². The summed E-state index contributed by atoms with van der Waals surface area (Å²) < 4.78 is 0. The number of carboxylic acid groups (broad SMARTS) is 1. The van der Waals surface area contributed by atoms with Gasteiger partial charge in [0, 0.05) is 10.4 Å². The fourth-order valence-corrected chi connectivity index (χ4v) is 4.71. The van der Waals surface area contributed by atoms with Gasteiger partial charge in [0.05, 0.1) is 6.42 Å². The van der Waals surface area contributed by atoms with Crippen molar-refractivity contribution in [3.63, 3.8) is 0 Å². The van der Waals surface area contributed by atoms with Crippen molar-refractivity contribution < 1.29 is 14.7 Å². The second-order valence-electron chi connectivity index (χ2n) is 5.93. The fraction of sp³-hybridized carbons (Fsp3) is 0.600. The van der Waals surface area contributed by atoms with Crippen LogP contribution in [-0.2, 0) is 16.0 Å². The maximum atomic E-state index is 12.6. The van der Waals surface area contributed by atoms with Gasteiger partial charge in [-0.3, -0.25) is 9.59 Å². The standard InChI is InChI=1S/C15H21NO3S2/c1-9(2)15(3,8-12(17)18)16-14(19)13-10-4-6-20-11(10)5-7-21-13/h4,6,9,13H,5,7-8H2,1-3H3,(H,16,19)(H,17,18). The maximum absolute atomic E-state index is 12.6. The number of carboxylic acids is 1. The van der Waals surface area contributed by atoms with Gasteiger partial charge in [0.2, 0.25) is 5.91 Å². The molecule has 0 aromatic carbocycles. The summed E-state index contributed by atoms with van der Waals surface area (Å²) in [5.41, 5.74) is 0.368. The average molecular weight is 327 g/mol. The van der Waals surface area contributed by atoms with E-state index in [-0.39, 0.29) is 23.5 Å². The van der Waals surface area contributed by atoms with Crippen molar-refractivity contribution in [2.45, 2.75) is 44.4 Å². The quantitative estimate of drug-likeness (QED) is 0.872. The molecular formula is C15H21NO3S2. The van der Waals surface area contributed by atoms with Crippen molar-refractivity contribution in [2.24, 2.45) is 5.92 Å². The number of thioether (sulfide) groups is 1. The van der Waals surface area contributed by atoms with Gasteiger partial charge in [0.25, 0.3) is 0 Å². The van der Waals surface area contributed by atoms with Crippen molar-refractivity contribution in [3.8, 4) is 0 Å². The molecule has 2 heterocycles. The first-order chi connectivity index (χ1) is 9.83. The Labute approximate surface area is 133 Å². The number of aryl methyl sites for hydroxylation is 1. The molecule has 0 saturated carbocycles. The maximum Gasteiger partial charge on any atom is 0.305 e. The smallest absolute Gasteiger partial charge is 0.305 e. The minimum atomic E-state index is -0.890. The van der Waals surface area contributed by atoms with Gasteiger partial charge in [-0.1, -0.05) is 13.8 Å². The summed E-state index contributed by atoms with van der Waals surface area (Å²) >= 11 is 3.33. The number of carbonyl (C=O) groups excluding carboxylic acids is 1. The summed E-state index contributed by atoms with van der Waals surface area (Å²) in [6.07, 6.45) is 0.947. The Hall–Kier alpha value is -1.01. The highest BCUT2D eigenvalue weighted by atomic mass is 32.2. The molecule has 0 fully saturated rings. The zero-order valence-electron chi connectivity index (χ0n) is 12.5. The van der Waals surface area contributed by atoms with Crippen LogP contribution in [0, 0.1) is 5.92 Å². The van der Waals surface area contributed by atoms with E-state index < -0.39 is 11.5 Å². The third-order valence-corrected chi connectivity index (χ3v) is 6.35. The molecule has 2 unspecified atom stereocenters. The van der Waals surface area contributed by atoms with E-state index in [9.17, 15) is 9.59 Å². The number of hydrogen-bond donors (Lipinski definition) is 2. The van der Waals surface area contributed by atoms with Gasteiger partial charge in [-0.15, -0.1) is 23.1 Å². The zero-order valence-corrected chi connectivity index (χ0v) is 14.1. The van der Waals surface area contributed by atoms with Gasteiger partial charge in [0.1, 0.15) is 5.25 Å². The average Bonchev–Trinajstić information content (AvgIpc) is 2.85. The van der Waals surface area contributed by atoms with Crippen molar-refractivity contribution in [1.29, 1.82) is 0 Å². The number of fused-ring (bicyclic) bond motifs is 1. The SMILES string of the molecule is CC(C)C(C)(CC(=O)O)NC(=O)C1SCCc2sccc21. The van der Waals surface area contributed by atoms with Crippen molar-refractivity contribution >= 4 is 35.0 Å². The van der Waals surface area contributed by atoms with Crippen LogP contribution in [0.2, 0.25) is 0 Å². The number of carbonyl (C=O) groups is 2. The Morgan fingerprint density at radius 3 is 2.86 bits per heavy atom. The predicted octanol–water partition coefficient (Wildman–Crippen LogP) is 3.08. The molecule has 1 aliphatic rings. The first kappa shape index (κ1) is 16.4. The number of rotatable bonds is 5. The lowest BCUT2D eigenvalue weighted by atomic mass is 9.85. The molecule has 1 aromatic rings. The summed E-state index contributed by atoms with van der Waals surface area (Å²) in [6, 6.07) is 2.01. The van der Waals surface area contributed by atoms with Crippen molar-refractivity contribution in [2.75, 3.05) is 5.75 Å². The highest BCUT2D eigenvalue weighted by Crippen LogP contribution is 2.40. The van der Waals surface area contributed by atoms with Gasteiger partial charge in [-0.25, -0.2) is 0 Å². The third kappa shape index (κ3) is 3.61. The summed E-state index contributed by atoms with van der Waals surface area (Å²) in [6.45, 7) is 5.69. The Kier molecular flexibility index (Phi) is 4.99. The number of hydrogen-bond acceptors (Lipinski definition) is 4. The molecule has 0 bridgehead atoms. The molecule has 2 rings (SSSR count). The fourth-order valence-electron chi connectivity index (χ4n) is 2.42. The molecule has 1 aromatic heterocycles. The highest BCUT2D eigenvalue weighted by molar-refractivity contribution is 8.00. The Morgan fingerprint density at radius 1 is 1.52 bits per heavy atom. The summed E-state index contributed by atoms with van der Waals surface area (Å²) in [5.74, 6) is 0.0204.